The average Bonchev–Trinajstić information content (AvgIpc) is 3.09. The summed E-state index contributed by atoms with van der Waals surface area (Å²) in [6.07, 6.45) is 2.51. The lowest BCUT2D eigenvalue weighted by Gasteiger charge is -2.16. The molecule has 0 aliphatic rings. The van der Waals surface area contributed by atoms with Crippen LogP contribution in [0.1, 0.15) is 31.1 Å². The third-order valence-corrected chi connectivity index (χ3v) is 4.93. The number of benzene rings is 1. The number of esters is 1. The predicted molar refractivity (Wildman–Crippen MR) is 112 cm³/mol. The molecule has 156 valence electrons. The quantitative estimate of drug-likeness (QED) is 0.479. The molecule has 1 atom stereocenters. The van der Waals surface area contributed by atoms with Gasteiger partial charge in [0.05, 0.1) is 17.0 Å². The third-order valence-electron chi connectivity index (χ3n) is 3.87. The smallest absolute Gasteiger partial charge is 0.341 e. The van der Waals surface area contributed by atoms with E-state index in [1.54, 1.807) is 36.7 Å². The number of hydrogen-bond acceptors (Lipinski definition) is 6. The van der Waals surface area contributed by atoms with Crippen molar-refractivity contribution in [3.63, 3.8) is 0 Å². The number of aromatic nitrogens is 2. The Morgan fingerprint density at radius 3 is 2.59 bits per heavy atom. The van der Waals surface area contributed by atoms with Crippen molar-refractivity contribution in [2.45, 2.75) is 32.0 Å². The van der Waals surface area contributed by atoms with Crippen LogP contribution in [0.4, 0.5) is 5.69 Å². The lowest BCUT2D eigenvalue weighted by atomic mass is 10.1. The molecular formula is C20H26N4O4S. The second-order valence-corrected chi connectivity index (χ2v) is 7.83. The minimum absolute atomic E-state index is 0.141. The van der Waals surface area contributed by atoms with Crippen LogP contribution >= 0.6 is 11.8 Å². The first-order valence-corrected chi connectivity index (χ1v) is 10.2. The van der Waals surface area contributed by atoms with Gasteiger partial charge in [-0.3, -0.25) is 9.59 Å². The van der Waals surface area contributed by atoms with E-state index in [-0.39, 0.29) is 23.1 Å². The number of hydrogen-bond donors (Lipinski definition) is 2. The molecule has 2 amide bonds. The van der Waals surface area contributed by atoms with Gasteiger partial charge in [0.2, 0.25) is 5.91 Å². The Kier molecular flexibility index (Phi) is 8.26. The second-order valence-electron chi connectivity index (χ2n) is 6.89. The molecule has 2 N–H and O–H groups in total. The van der Waals surface area contributed by atoms with Crippen molar-refractivity contribution in [1.29, 1.82) is 0 Å². The molecule has 1 aromatic heterocycles. The van der Waals surface area contributed by atoms with Crippen LogP contribution < -0.4 is 10.6 Å². The third kappa shape index (κ3) is 6.94. The Balaban J connectivity index is 1.96. The van der Waals surface area contributed by atoms with Crippen molar-refractivity contribution in [3.8, 4) is 0 Å². The predicted octanol–water partition coefficient (Wildman–Crippen LogP) is 2.47. The molecular weight excluding hydrogens is 392 g/mol. The van der Waals surface area contributed by atoms with Crippen molar-refractivity contribution in [1.82, 2.24) is 14.9 Å². The number of aryl methyl sites for hydroxylation is 1. The van der Waals surface area contributed by atoms with Gasteiger partial charge in [0.25, 0.3) is 5.91 Å². The Morgan fingerprint density at radius 2 is 1.93 bits per heavy atom. The largest absolute Gasteiger partial charge is 0.449 e. The summed E-state index contributed by atoms with van der Waals surface area (Å²) in [5.74, 6) is -0.880. The Morgan fingerprint density at radius 1 is 1.21 bits per heavy atom. The van der Waals surface area contributed by atoms with E-state index < -0.39 is 12.1 Å². The minimum Gasteiger partial charge on any atom is -0.449 e. The first-order chi connectivity index (χ1) is 13.8. The molecule has 0 aliphatic heterocycles. The number of para-hydroxylation sites is 1. The van der Waals surface area contributed by atoms with E-state index in [4.69, 9.17) is 4.74 Å². The second kappa shape index (κ2) is 10.7. The van der Waals surface area contributed by atoms with Crippen LogP contribution in [0.5, 0.6) is 0 Å². The molecule has 9 heteroatoms. The SMILES string of the molecule is CC(C)CNC(=O)[C@@H](C)OC(=O)c1ccccc1NC(=O)CSc1nccn1C. The molecule has 0 spiro atoms. The van der Waals surface area contributed by atoms with Gasteiger partial charge >= 0.3 is 5.97 Å². The van der Waals surface area contributed by atoms with Gasteiger partial charge in [-0.25, -0.2) is 9.78 Å². The zero-order valence-corrected chi connectivity index (χ0v) is 17.8. The Labute approximate surface area is 174 Å². The van der Waals surface area contributed by atoms with Crippen LogP contribution in [-0.4, -0.2) is 45.7 Å². The summed E-state index contributed by atoms with van der Waals surface area (Å²) in [7, 11) is 1.84. The van der Waals surface area contributed by atoms with E-state index in [1.165, 1.54) is 18.7 Å². The molecule has 0 fully saturated rings. The highest BCUT2D eigenvalue weighted by Gasteiger charge is 2.21. The number of amides is 2. The highest BCUT2D eigenvalue weighted by Crippen LogP contribution is 2.19. The van der Waals surface area contributed by atoms with Crippen LogP contribution in [0.15, 0.2) is 41.8 Å². The van der Waals surface area contributed by atoms with Gasteiger partial charge in [-0.2, -0.15) is 0 Å². The summed E-state index contributed by atoms with van der Waals surface area (Å²) in [6.45, 7) is 5.96. The molecule has 0 aliphatic carbocycles. The fourth-order valence-electron chi connectivity index (χ4n) is 2.30. The Bertz CT molecular complexity index is 866. The van der Waals surface area contributed by atoms with Crippen LogP contribution in [0.25, 0.3) is 0 Å². The summed E-state index contributed by atoms with van der Waals surface area (Å²) in [4.78, 5) is 41.0. The summed E-state index contributed by atoms with van der Waals surface area (Å²) < 4.78 is 7.08. The van der Waals surface area contributed by atoms with Crippen LogP contribution in [0, 0.1) is 5.92 Å². The molecule has 2 aromatic rings. The van der Waals surface area contributed by atoms with Gasteiger partial charge in [0, 0.05) is 26.0 Å². The van der Waals surface area contributed by atoms with Gasteiger partial charge in [0.15, 0.2) is 11.3 Å². The van der Waals surface area contributed by atoms with Crippen molar-refractivity contribution < 1.29 is 19.1 Å². The number of rotatable bonds is 9. The number of imidazole rings is 1. The molecule has 1 aromatic carbocycles. The molecule has 1 heterocycles. The lowest BCUT2D eigenvalue weighted by molar-refractivity contribution is -0.129. The van der Waals surface area contributed by atoms with Crippen molar-refractivity contribution in [2.24, 2.45) is 13.0 Å². The van der Waals surface area contributed by atoms with Crippen molar-refractivity contribution in [2.75, 3.05) is 17.6 Å². The number of carbonyl (C=O) groups excluding carboxylic acids is 3. The van der Waals surface area contributed by atoms with Gasteiger partial charge in [0.1, 0.15) is 0 Å². The number of carbonyl (C=O) groups is 3. The summed E-state index contributed by atoms with van der Waals surface area (Å²) >= 11 is 1.29. The molecule has 29 heavy (non-hydrogen) atoms. The van der Waals surface area contributed by atoms with Crippen LogP contribution in [0.3, 0.4) is 0 Å². The Hall–Kier alpha value is -2.81. The van der Waals surface area contributed by atoms with Gasteiger partial charge in [-0.05, 0) is 25.0 Å². The fourth-order valence-corrected chi connectivity index (χ4v) is 3.04. The van der Waals surface area contributed by atoms with Crippen molar-refractivity contribution in [3.05, 3.63) is 42.2 Å². The monoisotopic (exact) mass is 418 g/mol. The summed E-state index contributed by atoms with van der Waals surface area (Å²) in [5, 5.41) is 6.16. The molecule has 0 unspecified atom stereocenters. The van der Waals surface area contributed by atoms with Crippen LogP contribution in [-0.2, 0) is 21.4 Å². The molecule has 0 saturated heterocycles. The zero-order valence-electron chi connectivity index (χ0n) is 17.0. The standard InChI is InChI=1S/C20H26N4O4S/c1-13(2)11-22-18(26)14(3)28-19(27)15-7-5-6-8-16(15)23-17(25)12-29-20-21-9-10-24(20)4/h5-10,13-14H,11-12H2,1-4H3,(H,22,26)(H,23,25)/t14-/m1/s1. The summed E-state index contributed by atoms with van der Waals surface area (Å²) in [5.41, 5.74) is 0.518. The molecule has 0 saturated carbocycles. The number of ether oxygens (including phenoxy) is 1. The molecule has 0 bridgehead atoms. The summed E-state index contributed by atoms with van der Waals surface area (Å²) in [6, 6.07) is 6.53. The number of thioether (sulfide) groups is 1. The number of nitrogens with one attached hydrogen (secondary N) is 2. The van der Waals surface area contributed by atoms with Gasteiger partial charge in [-0.15, -0.1) is 0 Å². The molecule has 2 rings (SSSR count). The topological polar surface area (TPSA) is 102 Å². The maximum atomic E-state index is 12.5. The van der Waals surface area contributed by atoms with E-state index in [9.17, 15) is 14.4 Å². The molecule has 0 radical (unpaired) electrons. The average molecular weight is 419 g/mol. The zero-order chi connectivity index (χ0) is 21.4. The first kappa shape index (κ1) is 22.5. The van der Waals surface area contributed by atoms with Gasteiger partial charge < -0.3 is 19.9 Å². The van der Waals surface area contributed by atoms with E-state index in [0.717, 1.165) is 0 Å². The number of anilines is 1. The van der Waals surface area contributed by atoms with E-state index >= 15 is 0 Å². The first-order valence-electron chi connectivity index (χ1n) is 9.25. The normalized spacial score (nSPS) is 11.8. The van der Waals surface area contributed by atoms with E-state index in [0.29, 0.717) is 23.3 Å². The van der Waals surface area contributed by atoms with Crippen LogP contribution in [0.2, 0.25) is 0 Å². The lowest BCUT2D eigenvalue weighted by Crippen LogP contribution is -2.37. The van der Waals surface area contributed by atoms with E-state index in [2.05, 4.69) is 15.6 Å². The highest BCUT2D eigenvalue weighted by atomic mass is 32.2. The van der Waals surface area contributed by atoms with Gasteiger partial charge in [-0.1, -0.05) is 37.7 Å². The maximum Gasteiger partial charge on any atom is 0.341 e. The molecule has 8 nitrogen and oxygen atoms in total. The fraction of sp³-hybridized carbons (Fsp3) is 0.400. The van der Waals surface area contributed by atoms with Crippen molar-refractivity contribution >= 4 is 35.2 Å². The minimum atomic E-state index is -0.941. The highest BCUT2D eigenvalue weighted by molar-refractivity contribution is 7.99. The number of nitrogens with zero attached hydrogens (tertiary/aromatic N) is 2. The van der Waals surface area contributed by atoms with E-state index in [1.807, 2.05) is 25.5 Å². The maximum absolute atomic E-state index is 12.5.